The van der Waals surface area contributed by atoms with Gasteiger partial charge in [0.2, 0.25) is 5.71 Å². The molecule has 1 aromatic carbocycles. The molecule has 0 bridgehead atoms. The van der Waals surface area contributed by atoms with Gasteiger partial charge in [0.25, 0.3) is 0 Å². The SMILES string of the molecule is N#CC(C#N)=NNc1ccc(I)cc1Cl. The van der Waals surface area contributed by atoms with Crippen molar-refractivity contribution < 1.29 is 0 Å². The maximum absolute atomic E-state index is 8.44. The first kappa shape index (κ1) is 11.8. The van der Waals surface area contributed by atoms with E-state index in [1.54, 1.807) is 24.3 Å². The number of hydrogen-bond donors (Lipinski definition) is 1. The van der Waals surface area contributed by atoms with E-state index in [0.29, 0.717) is 10.7 Å². The molecule has 0 aliphatic rings. The van der Waals surface area contributed by atoms with E-state index in [4.69, 9.17) is 22.1 Å². The van der Waals surface area contributed by atoms with Gasteiger partial charge in [-0.1, -0.05) is 11.6 Å². The third-order valence-electron chi connectivity index (χ3n) is 1.43. The van der Waals surface area contributed by atoms with Gasteiger partial charge in [-0.05, 0) is 40.8 Å². The van der Waals surface area contributed by atoms with Crippen molar-refractivity contribution in [2.75, 3.05) is 5.43 Å². The average molecular weight is 331 g/mol. The fraction of sp³-hybridized carbons (Fsp3) is 0. The van der Waals surface area contributed by atoms with Crippen LogP contribution in [-0.4, -0.2) is 5.71 Å². The zero-order valence-electron chi connectivity index (χ0n) is 7.33. The lowest BCUT2D eigenvalue weighted by atomic mass is 10.3. The van der Waals surface area contributed by atoms with Gasteiger partial charge in [0.05, 0.1) is 10.7 Å². The molecule has 0 unspecified atom stereocenters. The Morgan fingerprint density at radius 1 is 1.40 bits per heavy atom. The molecule has 1 N–H and O–H groups in total. The monoisotopic (exact) mass is 330 g/mol. The average Bonchev–Trinajstić information content (AvgIpc) is 2.22. The highest BCUT2D eigenvalue weighted by Crippen LogP contribution is 2.23. The summed E-state index contributed by atoms with van der Waals surface area (Å²) in [4.78, 5) is 0. The molecule has 15 heavy (non-hydrogen) atoms. The van der Waals surface area contributed by atoms with Crippen LogP contribution in [0.3, 0.4) is 0 Å². The molecule has 0 fully saturated rings. The lowest BCUT2D eigenvalue weighted by Crippen LogP contribution is -1.96. The predicted octanol–water partition coefficient (Wildman–Crippen LogP) is 2.76. The number of halogens is 2. The van der Waals surface area contributed by atoms with Gasteiger partial charge in [0, 0.05) is 3.57 Å². The van der Waals surface area contributed by atoms with Crippen LogP contribution < -0.4 is 5.43 Å². The molecule has 1 rings (SSSR count). The molecular formula is C9H4ClIN4. The number of rotatable bonds is 2. The van der Waals surface area contributed by atoms with Crippen LogP contribution in [0, 0.1) is 26.2 Å². The van der Waals surface area contributed by atoms with Gasteiger partial charge < -0.3 is 0 Å². The van der Waals surface area contributed by atoms with Gasteiger partial charge in [0.15, 0.2) is 0 Å². The standard InChI is InChI=1S/C9H4ClIN4/c10-8-3-6(11)1-2-9(8)15-14-7(4-12)5-13/h1-3,15H. The Labute approximate surface area is 105 Å². The van der Waals surface area contributed by atoms with Gasteiger partial charge >= 0.3 is 0 Å². The topological polar surface area (TPSA) is 72.0 Å². The summed E-state index contributed by atoms with van der Waals surface area (Å²) in [6.45, 7) is 0. The quantitative estimate of drug-likeness (QED) is 0.515. The van der Waals surface area contributed by atoms with Gasteiger partial charge in [-0.3, -0.25) is 5.43 Å². The minimum Gasteiger partial charge on any atom is -0.275 e. The van der Waals surface area contributed by atoms with Crippen LogP contribution in [0.25, 0.3) is 0 Å². The first-order valence-corrected chi connectivity index (χ1v) is 5.22. The largest absolute Gasteiger partial charge is 0.275 e. The summed E-state index contributed by atoms with van der Waals surface area (Å²) in [6.07, 6.45) is 0. The number of nitrogens with one attached hydrogen (secondary N) is 1. The zero-order chi connectivity index (χ0) is 11.3. The van der Waals surface area contributed by atoms with E-state index in [9.17, 15) is 0 Å². The highest BCUT2D eigenvalue weighted by atomic mass is 127. The maximum Gasteiger partial charge on any atom is 0.237 e. The Kier molecular flexibility index (Phi) is 4.35. The molecule has 0 saturated carbocycles. The third kappa shape index (κ3) is 3.39. The first-order valence-electron chi connectivity index (χ1n) is 3.76. The number of nitrogens with zero attached hydrogens (tertiary/aromatic N) is 3. The molecule has 0 spiro atoms. The molecule has 0 heterocycles. The number of hydrogen-bond acceptors (Lipinski definition) is 4. The van der Waals surface area contributed by atoms with Gasteiger partial charge in [-0.25, -0.2) is 0 Å². The van der Waals surface area contributed by atoms with Crippen molar-refractivity contribution in [3.05, 3.63) is 26.8 Å². The number of anilines is 1. The summed E-state index contributed by atoms with van der Waals surface area (Å²) >= 11 is 8.02. The molecule has 4 nitrogen and oxygen atoms in total. The van der Waals surface area contributed by atoms with Crippen molar-refractivity contribution in [3.63, 3.8) is 0 Å². The molecule has 0 aliphatic heterocycles. The van der Waals surface area contributed by atoms with Crippen LogP contribution in [0.2, 0.25) is 5.02 Å². The molecule has 74 valence electrons. The van der Waals surface area contributed by atoms with Crippen LogP contribution in [0.4, 0.5) is 5.69 Å². The van der Waals surface area contributed by atoms with Gasteiger partial charge in [0.1, 0.15) is 12.1 Å². The van der Waals surface area contributed by atoms with Crippen molar-refractivity contribution in [3.8, 4) is 12.1 Å². The lowest BCUT2D eigenvalue weighted by molar-refractivity contribution is 1.33. The summed E-state index contributed by atoms with van der Waals surface area (Å²) in [5.41, 5.74) is 2.86. The molecule has 0 aromatic heterocycles. The summed E-state index contributed by atoms with van der Waals surface area (Å²) < 4.78 is 0.993. The fourth-order valence-electron chi connectivity index (χ4n) is 0.771. The number of benzene rings is 1. The van der Waals surface area contributed by atoms with Crippen molar-refractivity contribution >= 4 is 45.6 Å². The normalized spacial score (nSPS) is 8.53. The summed E-state index contributed by atoms with van der Waals surface area (Å²) in [5, 5.41) is 20.9. The van der Waals surface area contributed by atoms with E-state index in [1.807, 2.05) is 6.07 Å². The summed E-state index contributed by atoms with van der Waals surface area (Å²) in [7, 11) is 0. The Hall–Kier alpha value is -1.31. The first-order chi connectivity index (χ1) is 7.17. The smallest absolute Gasteiger partial charge is 0.237 e. The molecule has 0 atom stereocenters. The van der Waals surface area contributed by atoms with Crippen molar-refractivity contribution in [1.82, 2.24) is 0 Å². The second-order valence-corrected chi connectivity index (χ2v) is 4.07. The second-order valence-electron chi connectivity index (χ2n) is 2.42. The summed E-state index contributed by atoms with van der Waals surface area (Å²) in [6, 6.07) is 8.58. The van der Waals surface area contributed by atoms with Gasteiger partial charge in [-0.2, -0.15) is 15.6 Å². The Bertz CT molecular complexity index is 468. The van der Waals surface area contributed by atoms with Crippen LogP contribution in [0.15, 0.2) is 23.3 Å². The van der Waals surface area contributed by atoms with Crippen LogP contribution >= 0.6 is 34.2 Å². The highest BCUT2D eigenvalue weighted by Gasteiger charge is 2.00. The lowest BCUT2D eigenvalue weighted by Gasteiger charge is -2.02. The van der Waals surface area contributed by atoms with E-state index in [1.165, 1.54) is 0 Å². The van der Waals surface area contributed by atoms with Crippen molar-refractivity contribution in [2.45, 2.75) is 0 Å². The predicted molar refractivity (Wildman–Crippen MR) is 66.5 cm³/mol. The van der Waals surface area contributed by atoms with Crippen LogP contribution in [-0.2, 0) is 0 Å². The van der Waals surface area contributed by atoms with E-state index in [2.05, 4.69) is 33.1 Å². The molecule has 1 aromatic rings. The Morgan fingerprint density at radius 2 is 2.07 bits per heavy atom. The van der Waals surface area contributed by atoms with E-state index >= 15 is 0 Å². The zero-order valence-corrected chi connectivity index (χ0v) is 10.2. The highest BCUT2D eigenvalue weighted by molar-refractivity contribution is 14.1. The molecular weight excluding hydrogens is 326 g/mol. The van der Waals surface area contributed by atoms with E-state index in [0.717, 1.165) is 3.57 Å². The fourth-order valence-corrected chi connectivity index (χ4v) is 1.67. The van der Waals surface area contributed by atoms with Crippen molar-refractivity contribution in [2.24, 2.45) is 5.10 Å². The van der Waals surface area contributed by atoms with E-state index < -0.39 is 0 Å². The van der Waals surface area contributed by atoms with Crippen molar-refractivity contribution in [1.29, 1.82) is 10.5 Å². The van der Waals surface area contributed by atoms with Crippen LogP contribution in [0.1, 0.15) is 0 Å². The Morgan fingerprint density at radius 3 is 2.60 bits per heavy atom. The molecule has 0 radical (unpaired) electrons. The van der Waals surface area contributed by atoms with E-state index in [-0.39, 0.29) is 5.71 Å². The third-order valence-corrected chi connectivity index (χ3v) is 2.41. The Balaban J connectivity index is 2.89. The molecule has 0 saturated heterocycles. The minimum atomic E-state index is -0.246. The number of nitriles is 2. The molecule has 0 amide bonds. The summed E-state index contributed by atoms with van der Waals surface area (Å²) in [5.74, 6) is 0. The van der Waals surface area contributed by atoms with Crippen LogP contribution in [0.5, 0.6) is 0 Å². The molecule has 0 aliphatic carbocycles. The number of hydrazone groups is 1. The second kappa shape index (κ2) is 5.54. The maximum atomic E-state index is 8.44. The molecule has 6 heteroatoms. The van der Waals surface area contributed by atoms with Gasteiger partial charge in [-0.15, -0.1) is 0 Å². The minimum absolute atomic E-state index is 0.246.